The fraction of sp³-hybridized carbons (Fsp3) is 0.822. The molecule has 320 valence electrons. The van der Waals surface area contributed by atoms with Crippen molar-refractivity contribution in [2.75, 3.05) is 19.8 Å². The topological polar surface area (TPSA) is 152 Å². The smallest absolute Gasteiger partial charge is 0.306 e. The zero-order chi connectivity index (χ0) is 40.2. The molecule has 1 heterocycles. The average Bonchev–Trinajstić information content (AvgIpc) is 3.18. The second-order valence-corrected chi connectivity index (χ2v) is 15.1. The van der Waals surface area contributed by atoms with Gasteiger partial charge in [0.2, 0.25) is 0 Å². The van der Waals surface area contributed by atoms with Crippen LogP contribution in [0.3, 0.4) is 0 Å². The maximum Gasteiger partial charge on any atom is 0.306 e. The summed E-state index contributed by atoms with van der Waals surface area (Å²) in [5, 5.41) is 40.0. The zero-order valence-electron chi connectivity index (χ0n) is 34.7. The lowest BCUT2D eigenvalue weighted by atomic mass is 9.99. The first kappa shape index (κ1) is 50.9. The predicted molar refractivity (Wildman–Crippen MR) is 219 cm³/mol. The fourth-order valence-corrected chi connectivity index (χ4v) is 6.45. The van der Waals surface area contributed by atoms with E-state index in [2.05, 4.69) is 50.3 Å². The van der Waals surface area contributed by atoms with Crippen molar-refractivity contribution in [2.45, 2.75) is 218 Å². The standard InChI is InChI=1S/C45H80O10/c1-3-5-7-9-11-13-15-17-19-21-23-25-27-29-31-33-40(47)52-36-38(37-53-45-44(51)43(50)42(49)39(35-46)55-45)54-41(48)34-32-30-28-26-24-22-20-18-16-14-12-10-8-6-4-2/h11,13,17,19,22,24,38-39,42-46,49-51H,3-10,12,14-16,18,20-21,23,25-37H2,1-2H3/b13-11+,19-17+,24-22+/t38-,39-,42+,43?,44?,45-/m0/s1. The number of carbonyl (C=O) groups excluding carboxylic acids is 2. The van der Waals surface area contributed by atoms with Crippen LogP contribution < -0.4 is 0 Å². The summed E-state index contributed by atoms with van der Waals surface area (Å²) in [6.07, 6.45) is 32.9. The minimum atomic E-state index is -1.60. The largest absolute Gasteiger partial charge is 0.462 e. The molecule has 0 spiro atoms. The highest BCUT2D eigenvalue weighted by Crippen LogP contribution is 2.22. The quantitative estimate of drug-likeness (QED) is 0.0275. The highest BCUT2D eigenvalue weighted by molar-refractivity contribution is 5.70. The molecule has 1 aliphatic heterocycles. The average molecular weight is 781 g/mol. The Hall–Kier alpha value is -2.08. The number of aliphatic hydroxyl groups excluding tert-OH is 4. The van der Waals surface area contributed by atoms with E-state index in [-0.39, 0.29) is 26.1 Å². The van der Waals surface area contributed by atoms with Gasteiger partial charge in [0.25, 0.3) is 0 Å². The van der Waals surface area contributed by atoms with Gasteiger partial charge in [0.15, 0.2) is 12.4 Å². The molecule has 1 rings (SSSR count). The number of allylic oxidation sites excluding steroid dienone is 6. The van der Waals surface area contributed by atoms with Crippen molar-refractivity contribution in [1.29, 1.82) is 0 Å². The van der Waals surface area contributed by atoms with E-state index in [1.54, 1.807) is 0 Å². The Morgan fingerprint density at radius 1 is 0.564 bits per heavy atom. The molecule has 1 saturated heterocycles. The lowest BCUT2D eigenvalue weighted by Crippen LogP contribution is -2.59. The van der Waals surface area contributed by atoms with Crippen LogP contribution >= 0.6 is 0 Å². The van der Waals surface area contributed by atoms with Crippen molar-refractivity contribution in [3.8, 4) is 0 Å². The first-order valence-electron chi connectivity index (χ1n) is 22.1. The van der Waals surface area contributed by atoms with Gasteiger partial charge in [-0.2, -0.15) is 0 Å². The molecule has 1 aliphatic rings. The number of carbonyl (C=O) groups is 2. The van der Waals surface area contributed by atoms with Crippen LogP contribution in [0.25, 0.3) is 0 Å². The maximum absolute atomic E-state index is 12.7. The van der Waals surface area contributed by atoms with E-state index in [1.165, 1.54) is 77.0 Å². The number of ether oxygens (including phenoxy) is 4. The van der Waals surface area contributed by atoms with E-state index in [0.29, 0.717) is 12.8 Å². The number of unbranched alkanes of at least 4 members (excludes halogenated alkanes) is 19. The SMILES string of the molecule is CCCCC/C=C/C/C=C/CCCCCCCC(=O)OC[C@@H](CO[C@H]1O[C@@H](CO)[C@@H](O)C(O)C1O)OC(=O)CCCCC/C=C/CCCCCCCCCC. The van der Waals surface area contributed by atoms with E-state index >= 15 is 0 Å². The molecule has 0 amide bonds. The second kappa shape index (κ2) is 36.3. The fourth-order valence-electron chi connectivity index (χ4n) is 6.45. The summed E-state index contributed by atoms with van der Waals surface area (Å²) in [6, 6.07) is 0. The molecule has 10 nitrogen and oxygen atoms in total. The number of aliphatic hydroxyl groups is 4. The summed E-state index contributed by atoms with van der Waals surface area (Å²) in [6.45, 7) is 3.36. The molecule has 6 atom stereocenters. The Labute approximate surface area is 334 Å². The molecule has 0 bridgehead atoms. The number of rotatable bonds is 36. The van der Waals surface area contributed by atoms with Crippen LogP contribution in [-0.2, 0) is 28.5 Å². The lowest BCUT2D eigenvalue weighted by molar-refractivity contribution is -0.305. The van der Waals surface area contributed by atoms with Gasteiger partial charge in [-0.05, 0) is 70.6 Å². The third-order valence-corrected chi connectivity index (χ3v) is 10.00. The van der Waals surface area contributed by atoms with Gasteiger partial charge < -0.3 is 39.4 Å². The molecular weight excluding hydrogens is 700 g/mol. The molecule has 0 saturated carbocycles. The van der Waals surface area contributed by atoms with Crippen LogP contribution in [0.4, 0.5) is 0 Å². The minimum absolute atomic E-state index is 0.207. The highest BCUT2D eigenvalue weighted by Gasteiger charge is 2.44. The van der Waals surface area contributed by atoms with Crippen LogP contribution in [0, 0.1) is 0 Å². The van der Waals surface area contributed by atoms with E-state index in [1.807, 2.05) is 0 Å². The van der Waals surface area contributed by atoms with Gasteiger partial charge in [-0.15, -0.1) is 0 Å². The molecule has 0 aromatic rings. The second-order valence-electron chi connectivity index (χ2n) is 15.1. The van der Waals surface area contributed by atoms with Crippen molar-refractivity contribution in [3.05, 3.63) is 36.5 Å². The summed E-state index contributed by atoms with van der Waals surface area (Å²) < 4.78 is 22.1. The molecule has 0 aliphatic carbocycles. The van der Waals surface area contributed by atoms with Crippen LogP contribution in [-0.4, -0.2) is 89.0 Å². The van der Waals surface area contributed by atoms with Crippen molar-refractivity contribution < 1.29 is 49.0 Å². The molecule has 1 fully saturated rings. The third-order valence-electron chi connectivity index (χ3n) is 10.00. The van der Waals surface area contributed by atoms with Gasteiger partial charge in [-0.3, -0.25) is 9.59 Å². The lowest BCUT2D eigenvalue weighted by Gasteiger charge is -2.39. The normalized spacial score (nSPS) is 20.9. The first-order chi connectivity index (χ1) is 26.8. The number of esters is 2. The van der Waals surface area contributed by atoms with E-state index in [0.717, 1.165) is 64.2 Å². The summed E-state index contributed by atoms with van der Waals surface area (Å²) in [4.78, 5) is 25.3. The molecule has 0 radical (unpaired) electrons. The Morgan fingerprint density at radius 2 is 1.02 bits per heavy atom. The monoisotopic (exact) mass is 781 g/mol. The third kappa shape index (κ3) is 28.0. The van der Waals surface area contributed by atoms with Crippen molar-refractivity contribution in [3.63, 3.8) is 0 Å². The van der Waals surface area contributed by atoms with Gasteiger partial charge >= 0.3 is 11.9 Å². The van der Waals surface area contributed by atoms with Gasteiger partial charge in [0.05, 0.1) is 13.2 Å². The highest BCUT2D eigenvalue weighted by atomic mass is 16.7. The Balaban J connectivity index is 2.36. The molecule has 0 aromatic heterocycles. The van der Waals surface area contributed by atoms with Gasteiger partial charge in [-0.1, -0.05) is 134 Å². The van der Waals surface area contributed by atoms with E-state index in [9.17, 15) is 30.0 Å². The number of hydrogen-bond donors (Lipinski definition) is 4. The minimum Gasteiger partial charge on any atom is -0.462 e. The molecule has 4 N–H and O–H groups in total. The Morgan fingerprint density at radius 3 is 1.58 bits per heavy atom. The zero-order valence-corrected chi connectivity index (χ0v) is 34.7. The summed E-state index contributed by atoms with van der Waals surface area (Å²) >= 11 is 0. The summed E-state index contributed by atoms with van der Waals surface area (Å²) in [7, 11) is 0. The molecular formula is C45H80O10. The molecule has 55 heavy (non-hydrogen) atoms. The van der Waals surface area contributed by atoms with Crippen LogP contribution in [0.2, 0.25) is 0 Å². The van der Waals surface area contributed by atoms with Crippen LogP contribution in [0.15, 0.2) is 36.5 Å². The molecule has 2 unspecified atom stereocenters. The van der Waals surface area contributed by atoms with Crippen LogP contribution in [0.1, 0.15) is 181 Å². The summed E-state index contributed by atoms with van der Waals surface area (Å²) in [5.74, 6) is -0.840. The molecule has 0 aromatic carbocycles. The summed E-state index contributed by atoms with van der Waals surface area (Å²) in [5.41, 5.74) is 0. The number of hydrogen-bond acceptors (Lipinski definition) is 10. The van der Waals surface area contributed by atoms with Gasteiger partial charge in [0, 0.05) is 12.8 Å². The molecule has 10 heteroatoms. The van der Waals surface area contributed by atoms with Crippen LogP contribution in [0.5, 0.6) is 0 Å². The predicted octanol–water partition coefficient (Wildman–Crippen LogP) is 9.11. The van der Waals surface area contributed by atoms with Gasteiger partial charge in [0.1, 0.15) is 31.0 Å². The van der Waals surface area contributed by atoms with E-state index < -0.39 is 55.4 Å². The maximum atomic E-state index is 12.7. The first-order valence-corrected chi connectivity index (χ1v) is 22.1. The van der Waals surface area contributed by atoms with Crippen molar-refractivity contribution in [1.82, 2.24) is 0 Å². The van der Waals surface area contributed by atoms with Crippen molar-refractivity contribution in [2.24, 2.45) is 0 Å². The van der Waals surface area contributed by atoms with E-state index in [4.69, 9.17) is 18.9 Å². The van der Waals surface area contributed by atoms with Gasteiger partial charge in [-0.25, -0.2) is 0 Å². The Bertz CT molecular complexity index is 996. The van der Waals surface area contributed by atoms with Crippen molar-refractivity contribution >= 4 is 11.9 Å². The Kier molecular flexibility index (Phi) is 33.6.